The molecule has 158 valence electrons. The molecule has 2 aliphatic rings. The Labute approximate surface area is 181 Å². The normalized spacial score (nSPS) is 24.4. The summed E-state index contributed by atoms with van der Waals surface area (Å²) in [4.78, 5) is 4.98. The van der Waals surface area contributed by atoms with E-state index in [2.05, 4.69) is 50.9 Å². The molecule has 6 heteroatoms. The fourth-order valence-electron chi connectivity index (χ4n) is 4.46. The van der Waals surface area contributed by atoms with Crippen molar-refractivity contribution in [3.8, 4) is 17.2 Å². The van der Waals surface area contributed by atoms with Crippen molar-refractivity contribution in [1.29, 1.82) is 0 Å². The molecular weight excluding hydrogens is 396 g/mol. The Morgan fingerprint density at radius 1 is 1.30 bits per heavy atom. The average Bonchev–Trinajstić information content (AvgIpc) is 2.68. The number of thioether (sulfide) groups is 1. The first-order chi connectivity index (χ1) is 14.2. The summed E-state index contributed by atoms with van der Waals surface area (Å²) in [5.74, 6) is 0.635. The monoisotopic (exact) mass is 424 g/mol. The number of phenolic OH excluding ortho intramolecular Hbond substituents is 2. The van der Waals surface area contributed by atoms with Crippen LogP contribution in [-0.2, 0) is 0 Å². The van der Waals surface area contributed by atoms with Crippen LogP contribution in [0.4, 0.5) is 0 Å². The minimum Gasteiger partial charge on any atom is -0.504 e. The standard InChI is InChI=1S/C24H28N2O3S/c1-5-11-30-22-25-23(3,4)14-24(26-22)13-18(16-8-6-7-15(2)12-16)17-9-10-19(27)20(28)21(17)29-24/h5-10,12,18,27-28H,1,11,13-14H2,2-4H3,(H,25,26)/t18-,24+/m0/s1. The lowest BCUT2D eigenvalue weighted by molar-refractivity contribution is 0.0108. The second kappa shape index (κ2) is 7.58. The Hall–Kier alpha value is -2.60. The number of aryl methyl sites for hydroxylation is 1. The number of benzene rings is 2. The van der Waals surface area contributed by atoms with Crippen molar-refractivity contribution in [2.24, 2.45) is 4.99 Å². The summed E-state index contributed by atoms with van der Waals surface area (Å²) < 4.78 is 6.42. The SMILES string of the molecule is C=CCSC1=N[C@@]2(C[C@@H](c3cccc(C)c3)c3ccc(O)c(O)c3O2)CC(C)(C)N1. The van der Waals surface area contributed by atoms with Gasteiger partial charge in [-0.2, -0.15) is 0 Å². The number of amidine groups is 1. The van der Waals surface area contributed by atoms with Crippen molar-refractivity contribution in [3.63, 3.8) is 0 Å². The van der Waals surface area contributed by atoms with Crippen LogP contribution in [0.15, 0.2) is 54.0 Å². The highest BCUT2D eigenvalue weighted by molar-refractivity contribution is 8.13. The van der Waals surface area contributed by atoms with Crippen LogP contribution >= 0.6 is 11.8 Å². The van der Waals surface area contributed by atoms with Gasteiger partial charge in [0.1, 0.15) is 0 Å². The molecule has 0 unspecified atom stereocenters. The Morgan fingerprint density at radius 2 is 2.10 bits per heavy atom. The lowest BCUT2D eigenvalue weighted by atomic mass is 9.77. The quantitative estimate of drug-likeness (QED) is 0.474. The van der Waals surface area contributed by atoms with Gasteiger partial charge in [0, 0.05) is 35.6 Å². The second-order valence-electron chi connectivity index (χ2n) is 8.77. The third-order valence-electron chi connectivity index (χ3n) is 5.58. The summed E-state index contributed by atoms with van der Waals surface area (Å²) in [6.07, 6.45) is 3.13. The summed E-state index contributed by atoms with van der Waals surface area (Å²) in [5.41, 5.74) is 2.11. The summed E-state index contributed by atoms with van der Waals surface area (Å²) in [6, 6.07) is 11.8. The Kier molecular flexibility index (Phi) is 5.22. The minimum atomic E-state index is -0.842. The summed E-state index contributed by atoms with van der Waals surface area (Å²) >= 11 is 1.58. The van der Waals surface area contributed by atoms with Crippen molar-refractivity contribution in [1.82, 2.24) is 5.32 Å². The van der Waals surface area contributed by atoms with E-state index in [1.807, 2.05) is 18.2 Å². The topological polar surface area (TPSA) is 74.1 Å². The average molecular weight is 425 g/mol. The molecule has 2 aliphatic heterocycles. The Bertz CT molecular complexity index is 1020. The molecule has 3 N–H and O–H groups in total. The number of aromatic hydroxyl groups is 2. The molecule has 0 saturated heterocycles. The largest absolute Gasteiger partial charge is 0.504 e. The molecule has 2 atom stereocenters. The molecule has 0 bridgehead atoms. The van der Waals surface area contributed by atoms with Crippen LogP contribution < -0.4 is 10.1 Å². The van der Waals surface area contributed by atoms with Gasteiger partial charge in [0.25, 0.3) is 0 Å². The highest BCUT2D eigenvalue weighted by Crippen LogP contribution is 2.53. The first-order valence-electron chi connectivity index (χ1n) is 10.1. The van der Waals surface area contributed by atoms with E-state index in [1.165, 1.54) is 11.6 Å². The second-order valence-corrected chi connectivity index (χ2v) is 9.78. The van der Waals surface area contributed by atoms with Crippen molar-refractivity contribution in [2.75, 3.05) is 5.75 Å². The molecule has 0 amide bonds. The van der Waals surface area contributed by atoms with Gasteiger partial charge in [-0.15, -0.1) is 6.58 Å². The van der Waals surface area contributed by atoms with E-state index < -0.39 is 5.72 Å². The van der Waals surface area contributed by atoms with Gasteiger partial charge < -0.3 is 20.3 Å². The number of nitrogens with one attached hydrogen (secondary N) is 1. The molecule has 0 radical (unpaired) electrons. The first kappa shape index (κ1) is 20.7. The number of phenols is 2. The molecule has 4 rings (SSSR count). The van der Waals surface area contributed by atoms with Gasteiger partial charge in [-0.1, -0.05) is 53.7 Å². The molecule has 1 spiro atoms. The van der Waals surface area contributed by atoms with E-state index >= 15 is 0 Å². The van der Waals surface area contributed by atoms with Crippen LogP contribution in [-0.4, -0.2) is 32.4 Å². The molecule has 0 saturated carbocycles. The Morgan fingerprint density at radius 3 is 2.83 bits per heavy atom. The lowest BCUT2D eigenvalue weighted by Gasteiger charge is -2.47. The van der Waals surface area contributed by atoms with E-state index in [9.17, 15) is 10.2 Å². The van der Waals surface area contributed by atoms with Crippen LogP contribution in [0.1, 0.15) is 49.3 Å². The zero-order chi connectivity index (χ0) is 21.5. The molecule has 2 aromatic carbocycles. The molecule has 30 heavy (non-hydrogen) atoms. The highest BCUT2D eigenvalue weighted by atomic mass is 32.2. The minimum absolute atomic E-state index is 0.0107. The van der Waals surface area contributed by atoms with Crippen molar-refractivity contribution >= 4 is 16.9 Å². The van der Waals surface area contributed by atoms with Gasteiger partial charge in [-0.25, -0.2) is 4.99 Å². The van der Waals surface area contributed by atoms with E-state index in [0.29, 0.717) is 18.6 Å². The summed E-state index contributed by atoms with van der Waals surface area (Å²) in [5, 5.41) is 25.1. The predicted octanol–water partition coefficient (Wildman–Crippen LogP) is 5.06. The maximum Gasteiger partial charge on any atom is 0.206 e. The smallest absolute Gasteiger partial charge is 0.206 e. The molecule has 5 nitrogen and oxygen atoms in total. The zero-order valence-corrected chi connectivity index (χ0v) is 18.4. The first-order valence-corrected chi connectivity index (χ1v) is 11.1. The van der Waals surface area contributed by atoms with Gasteiger partial charge in [0.05, 0.1) is 0 Å². The number of aliphatic imine (C=N–C) groups is 1. The van der Waals surface area contributed by atoms with Gasteiger partial charge in [0.15, 0.2) is 16.7 Å². The van der Waals surface area contributed by atoms with Crippen LogP contribution in [0.25, 0.3) is 0 Å². The van der Waals surface area contributed by atoms with Crippen LogP contribution in [0.5, 0.6) is 17.2 Å². The van der Waals surface area contributed by atoms with Crippen LogP contribution in [0, 0.1) is 6.92 Å². The van der Waals surface area contributed by atoms with Gasteiger partial charge in [-0.3, -0.25) is 0 Å². The van der Waals surface area contributed by atoms with E-state index in [4.69, 9.17) is 9.73 Å². The van der Waals surface area contributed by atoms with Gasteiger partial charge in [0.2, 0.25) is 11.5 Å². The fraction of sp³-hybridized carbons (Fsp3) is 0.375. The number of hydrogen-bond donors (Lipinski definition) is 3. The third-order valence-corrected chi connectivity index (χ3v) is 6.45. The number of fused-ring (bicyclic) bond motifs is 1. The molecule has 2 aromatic rings. The third kappa shape index (κ3) is 3.88. The molecule has 2 heterocycles. The summed E-state index contributed by atoms with van der Waals surface area (Å²) in [6.45, 7) is 10.1. The lowest BCUT2D eigenvalue weighted by Crippen LogP contribution is -2.57. The van der Waals surface area contributed by atoms with Crippen molar-refractivity contribution < 1.29 is 14.9 Å². The molecule has 0 aromatic heterocycles. The van der Waals surface area contributed by atoms with E-state index in [-0.39, 0.29) is 23.0 Å². The molecule has 0 aliphatic carbocycles. The number of nitrogens with zero attached hydrogens (tertiary/aromatic N) is 1. The molecule has 0 fully saturated rings. The maximum atomic E-state index is 10.7. The molecular formula is C24H28N2O3S. The number of hydrogen-bond acceptors (Lipinski definition) is 6. The van der Waals surface area contributed by atoms with Gasteiger partial charge >= 0.3 is 0 Å². The van der Waals surface area contributed by atoms with Crippen LogP contribution in [0.2, 0.25) is 0 Å². The Balaban J connectivity index is 1.86. The fourth-order valence-corrected chi connectivity index (χ4v) is 5.32. The number of ether oxygens (including phenoxy) is 1. The van der Waals surface area contributed by atoms with Crippen molar-refractivity contribution in [2.45, 2.75) is 50.8 Å². The number of rotatable bonds is 3. The van der Waals surface area contributed by atoms with E-state index in [0.717, 1.165) is 22.0 Å². The van der Waals surface area contributed by atoms with Crippen molar-refractivity contribution in [3.05, 3.63) is 65.7 Å². The zero-order valence-electron chi connectivity index (χ0n) is 17.6. The van der Waals surface area contributed by atoms with Crippen LogP contribution in [0.3, 0.4) is 0 Å². The highest BCUT2D eigenvalue weighted by Gasteiger charge is 2.49. The maximum absolute atomic E-state index is 10.7. The van der Waals surface area contributed by atoms with Gasteiger partial charge in [-0.05, 0) is 32.4 Å². The summed E-state index contributed by atoms with van der Waals surface area (Å²) in [7, 11) is 0. The predicted molar refractivity (Wildman–Crippen MR) is 123 cm³/mol. The van der Waals surface area contributed by atoms with E-state index in [1.54, 1.807) is 11.8 Å².